The smallest absolute Gasteiger partial charge is 0.169 e. The number of likely N-dealkylation sites (N-methyl/N-ethyl adjacent to an activating group) is 1. The van der Waals surface area contributed by atoms with Gasteiger partial charge in [0.25, 0.3) is 0 Å². The predicted octanol–water partition coefficient (Wildman–Crippen LogP) is 2.68. The van der Waals surface area contributed by atoms with Crippen molar-refractivity contribution in [3.63, 3.8) is 0 Å². The fraction of sp³-hybridized carbons (Fsp3) is 0.200. The fourth-order valence-electron chi connectivity index (χ4n) is 2.56. The van der Waals surface area contributed by atoms with Crippen LogP contribution in [0, 0.1) is 0 Å². The number of rotatable bonds is 2. The van der Waals surface area contributed by atoms with Gasteiger partial charge >= 0.3 is 0 Å². The van der Waals surface area contributed by atoms with Crippen LogP contribution < -0.4 is 5.32 Å². The molecular formula is C15H15N3S. The molecule has 0 unspecified atom stereocenters. The lowest BCUT2D eigenvalue weighted by Crippen LogP contribution is -2.24. The number of nitrogens with one attached hydrogen (secondary N) is 1. The Bertz CT molecular complexity index is 570. The zero-order valence-corrected chi connectivity index (χ0v) is 11.5. The van der Waals surface area contributed by atoms with Crippen molar-refractivity contribution < 1.29 is 0 Å². The summed E-state index contributed by atoms with van der Waals surface area (Å²) in [5, 5.41) is 4.18. The van der Waals surface area contributed by atoms with Crippen molar-refractivity contribution in [1.82, 2.24) is 15.2 Å². The lowest BCUT2D eigenvalue weighted by atomic mass is 9.95. The molecule has 1 aliphatic rings. The number of hydrogen-bond acceptors (Lipinski definition) is 2. The van der Waals surface area contributed by atoms with E-state index >= 15 is 0 Å². The van der Waals surface area contributed by atoms with Gasteiger partial charge in [0.05, 0.1) is 12.1 Å². The number of benzene rings is 1. The van der Waals surface area contributed by atoms with Crippen LogP contribution >= 0.6 is 12.2 Å². The minimum Gasteiger partial charge on any atom is -0.353 e. The van der Waals surface area contributed by atoms with Gasteiger partial charge in [-0.15, -0.1) is 0 Å². The first kappa shape index (κ1) is 12.1. The topological polar surface area (TPSA) is 28.2 Å². The first-order chi connectivity index (χ1) is 9.27. The molecule has 4 heteroatoms. The van der Waals surface area contributed by atoms with Crippen molar-refractivity contribution in [3.05, 3.63) is 66.0 Å². The normalized spacial score (nSPS) is 22.4. The molecule has 19 heavy (non-hydrogen) atoms. The van der Waals surface area contributed by atoms with E-state index in [1.807, 2.05) is 25.4 Å². The number of pyridine rings is 1. The summed E-state index contributed by atoms with van der Waals surface area (Å²) in [6.07, 6.45) is 3.70. The molecule has 2 heterocycles. The van der Waals surface area contributed by atoms with Crippen molar-refractivity contribution in [1.29, 1.82) is 0 Å². The second-order valence-corrected chi connectivity index (χ2v) is 5.07. The van der Waals surface area contributed by atoms with Crippen molar-refractivity contribution in [2.45, 2.75) is 12.1 Å². The van der Waals surface area contributed by atoms with Gasteiger partial charge in [0, 0.05) is 19.4 Å². The lowest BCUT2D eigenvalue weighted by molar-refractivity contribution is 0.371. The van der Waals surface area contributed by atoms with Gasteiger partial charge in [-0.1, -0.05) is 36.4 Å². The van der Waals surface area contributed by atoms with E-state index < -0.39 is 0 Å². The Morgan fingerprint density at radius 3 is 2.53 bits per heavy atom. The third-order valence-corrected chi connectivity index (χ3v) is 3.92. The molecule has 1 aliphatic heterocycles. The maximum atomic E-state index is 5.39. The fourth-order valence-corrected chi connectivity index (χ4v) is 2.80. The van der Waals surface area contributed by atoms with Gasteiger partial charge in [0.15, 0.2) is 5.11 Å². The van der Waals surface area contributed by atoms with Crippen LogP contribution in [-0.4, -0.2) is 22.0 Å². The Morgan fingerprint density at radius 1 is 1.11 bits per heavy atom. The lowest BCUT2D eigenvalue weighted by Gasteiger charge is -2.24. The maximum absolute atomic E-state index is 5.39. The van der Waals surface area contributed by atoms with Crippen molar-refractivity contribution in [2.75, 3.05) is 7.05 Å². The Balaban J connectivity index is 2.01. The van der Waals surface area contributed by atoms with E-state index in [0.717, 1.165) is 5.11 Å². The summed E-state index contributed by atoms with van der Waals surface area (Å²) < 4.78 is 0. The summed E-state index contributed by atoms with van der Waals surface area (Å²) in [5.74, 6) is 0. The van der Waals surface area contributed by atoms with Crippen LogP contribution in [0.1, 0.15) is 23.2 Å². The Hall–Kier alpha value is -1.94. The highest BCUT2D eigenvalue weighted by atomic mass is 32.1. The van der Waals surface area contributed by atoms with E-state index in [1.54, 1.807) is 6.20 Å². The average Bonchev–Trinajstić information content (AvgIpc) is 2.77. The molecule has 0 aliphatic carbocycles. The zero-order chi connectivity index (χ0) is 13.2. The van der Waals surface area contributed by atoms with E-state index in [4.69, 9.17) is 12.2 Å². The minimum absolute atomic E-state index is 0.169. The molecule has 2 aromatic rings. The monoisotopic (exact) mass is 269 g/mol. The molecule has 1 aromatic heterocycles. The Labute approximate surface area is 118 Å². The molecule has 0 amide bonds. The molecule has 0 saturated carbocycles. The van der Waals surface area contributed by atoms with Crippen molar-refractivity contribution in [3.8, 4) is 0 Å². The predicted molar refractivity (Wildman–Crippen MR) is 79.7 cm³/mol. The molecule has 0 bridgehead atoms. The summed E-state index contributed by atoms with van der Waals surface area (Å²) in [6.45, 7) is 0. The molecular weight excluding hydrogens is 254 g/mol. The van der Waals surface area contributed by atoms with Gasteiger partial charge < -0.3 is 10.2 Å². The highest BCUT2D eigenvalue weighted by Crippen LogP contribution is 2.37. The summed E-state index contributed by atoms with van der Waals surface area (Å²) >= 11 is 5.39. The van der Waals surface area contributed by atoms with E-state index in [0.29, 0.717) is 0 Å². The number of nitrogens with zero attached hydrogens (tertiary/aromatic N) is 2. The van der Waals surface area contributed by atoms with Crippen molar-refractivity contribution in [2.24, 2.45) is 0 Å². The number of aromatic nitrogens is 1. The molecule has 1 N–H and O–H groups in total. The van der Waals surface area contributed by atoms with Gasteiger partial charge in [-0.05, 0) is 29.4 Å². The largest absolute Gasteiger partial charge is 0.353 e. The first-order valence-corrected chi connectivity index (χ1v) is 6.66. The third kappa shape index (κ3) is 2.19. The molecule has 3 nitrogen and oxygen atoms in total. The second kappa shape index (κ2) is 4.97. The quantitative estimate of drug-likeness (QED) is 0.849. The van der Waals surface area contributed by atoms with Crippen LogP contribution in [0.15, 0.2) is 54.9 Å². The van der Waals surface area contributed by atoms with Crippen LogP contribution in [0.3, 0.4) is 0 Å². The van der Waals surface area contributed by atoms with E-state index in [9.17, 15) is 0 Å². The second-order valence-electron chi connectivity index (χ2n) is 4.68. The number of hydrogen-bond donors (Lipinski definition) is 1. The van der Waals surface area contributed by atoms with Crippen LogP contribution in [0.4, 0.5) is 0 Å². The SMILES string of the molecule is CN1C(=S)N[C@H](c2ccccc2)[C@@H]1c1cccnc1. The molecule has 0 radical (unpaired) electrons. The summed E-state index contributed by atoms with van der Waals surface area (Å²) in [7, 11) is 2.02. The summed E-state index contributed by atoms with van der Waals surface area (Å²) in [4.78, 5) is 6.32. The van der Waals surface area contributed by atoms with Gasteiger partial charge in [-0.3, -0.25) is 4.98 Å². The van der Waals surface area contributed by atoms with E-state index in [-0.39, 0.29) is 12.1 Å². The standard InChI is InChI=1S/C15H15N3S/c1-18-14(12-8-5-9-16-10-12)13(17-15(18)19)11-6-3-2-4-7-11/h2-10,13-14H,1H3,(H,17,19)/t13-,14+/m1/s1. The zero-order valence-electron chi connectivity index (χ0n) is 10.7. The van der Waals surface area contributed by atoms with Gasteiger partial charge in [0.2, 0.25) is 0 Å². The Morgan fingerprint density at radius 2 is 1.84 bits per heavy atom. The first-order valence-electron chi connectivity index (χ1n) is 6.25. The molecule has 1 fully saturated rings. The van der Waals surface area contributed by atoms with E-state index in [1.165, 1.54) is 11.1 Å². The molecule has 1 aromatic carbocycles. The third-order valence-electron chi connectivity index (χ3n) is 3.52. The minimum atomic E-state index is 0.169. The van der Waals surface area contributed by atoms with Crippen LogP contribution in [0.2, 0.25) is 0 Å². The van der Waals surface area contributed by atoms with Crippen LogP contribution in [0.25, 0.3) is 0 Å². The molecule has 96 valence electrons. The highest BCUT2D eigenvalue weighted by Gasteiger charge is 2.36. The maximum Gasteiger partial charge on any atom is 0.169 e. The summed E-state index contributed by atoms with van der Waals surface area (Å²) in [5.41, 5.74) is 2.41. The molecule has 2 atom stereocenters. The van der Waals surface area contributed by atoms with Gasteiger partial charge in [-0.2, -0.15) is 0 Å². The van der Waals surface area contributed by atoms with Crippen LogP contribution in [-0.2, 0) is 0 Å². The van der Waals surface area contributed by atoms with Crippen LogP contribution in [0.5, 0.6) is 0 Å². The van der Waals surface area contributed by atoms with Crippen molar-refractivity contribution >= 4 is 17.3 Å². The summed E-state index contributed by atoms with van der Waals surface area (Å²) in [6, 6.07) is 14.8. The highest BCUT2D eigenvalue weighted by molar-refractivity contribution is 7.80. The molecule has 3 rings (SSSR count). The number of thiocarbonyl (C=S) groups is 1. The Kier molecular flexibility index (Phi) is 3.17. The molecule has 1 saturated heterocycles. The van der Waals surface area contributed by atoms with Gasteiger partial charge in [0.1, 0.15) is 0 Å². The van der Waals surface area contributed by atoms with Gasteiger partial charge in [-0.25, -0.2) is 0 Å². The molecule has 0 spiro atoms. The average molecular weight is 269 g/mol. The van der Waals surface area contributed by atoms with E-state index in [2.05, 4.69) is 45.5 Å².